The van der Waals surface area contributed by atoms with Gasteiger partial charge in [0.25, 0.3) is 0 Å². The largest absolute Gasteiger partial charge is 0.105 e. The van der Waals surface area contributed by atoms with Crippen LogP contribution in [0.2, 0.25) is 0 Å². The van der Waals surface area contributed by atoms with E-state index in [9.17, 15) is 0 Å². The summed E-state index contributed by atoms with van der Waals surface area (Å²) in [5, 5.41) is 0. The van der Waals surface area contributed by atoms with Crippen molar-refractivity contribution in [3.05, 3.63) is 136 Å². The third kappa shape index (κ3) is 3.73. The van der Waals surface area contributed by atoms with Crippen molar-refractivity contribution in [1.29, 1.82) is 0 Å². The van der Waals surface area contributed by atoms with Crippen LogP contribution in [0.3, 0.4) is 0 Å². The van der Waals surface area contributed by atoms with E-state index < -0.39 is 0 Å². The maximum Gasteiger partial charge on any atom is 0.0954 e. The molecular weight excluding hydrogens is 412 g/mol. The van der Waals surface area contributed by atoms with Gasteiger partial charge < -0.3 is 0 Å². The molecule has 0 atom stereocenters. The number of rotatable bonds is 5. The average molecular weight is 431 g/mol. The van der Waals surface area contributed by atoms with Gasteiger partial charge in [0.15, 0.2) is 0 Å². The highest BCUT2D eigenvalue weighted by Gasteiger charge is 2.37. The second kappa shape index (κ2) is 8.16. The van der Waals surface area contributed by atoms with E-state index in [2.05, 4.69) is 131 Å². The molecule has 132 valence electrons. The lowest BCUT2D eigenvalue weighted by molar-refractivity contribution is 0.894. The fourth-order valence-electron chi connectivity index (χ4n) is 3.37. The van der Waals surface area contributed by atoms with Gasteiger partial charge >= 0.3 is 0 Å². The fourth-order valence-corrected chi connectivity index (χ4v) is 5.03. The molecule has 0 N–H and O–H groups in total. The van der Waals surface area contributed by atoms with E-state index in [-0.39, 0.29) is 4.75 Å². The van der Waals surface area contributed by atoms with Crippen molar-refractivity contribution in [2.75, 3.05) is 0 Å². The summed E-state index contributed by atoms with van der Waals surface area (Å²) >= 11 is 5.43. The molecule has 0 saturated carbocycles. The van der Waals surface area contributed by atoms with Crippen LogP contribution in [0.5, 0.6) is 0 Å². The number of thioether (sulfide) groups is 1. The van der Waals surface area contributed by atoms with Gasteiger partial charge in [-0.1, -0.05) is 107 Å². The molecule has 0 spiro atoms. The SMILES string of the molecule is Brc1ccc(SC(c2ccccc2)(c2ccccc2)c2ccccc2)cc1. The molecule has 0 bridgehead atoms. The standard InChI is InChI=1S/C25H19BrS/c26-23-16-18-24(19-17-23)27-25(20-10-4-1-5-11-20,21-12-6-2-7-13-21)22-14-8-3-9-15-22/h1-19H. The van der Waals surface area contributed by atoms with E-state index in [1.165, 1.54) is 21.6 Å². The number of hydrogen-bond donors (Lipinski definition) is 0. The minimum atomic E-state index is -0.322. The third-order valence-electron chi connectivity index (χ3n) is 4.63. The summed E-state index contributed by atoms with van der Waals surface area (Å²) in [6.07, 6.45) is 0. The molecule has 0 unspecified atom stereocenters. The van der Waals surface area contributed by atoms with Gasteiger partial charge in [-0.05, 0) is 41.0 Å². The molecule has 0 amide bonds. The molecule has 0 aliphatic carbocycles. The van der Waals surface area contributed by atoms with E-state index in [4.69, 9.17) is 0 Å². The summed E-state index contributed by atoms with van der Waals surface area (Å²) < 4.78 is 0.772. The van der Waals surface area contributed by atoms with Gasteiger partial charge in [-0.15, -0.1) is 11.8 Å². The van der Waals surface area contributed by atoms with Crippen LogP contribution in [-0.4, -0.2) is 0 Å². The molecule has 0 saturated heterocycles. The molecule has 27 heavy (non-hydrogen) atoms. The van der Waals surface area contributed by atoms with E-state index in [1.54, 1.807) is 0 Å². The maximum absolute atomic E-state index is 3.55. The third-order valence-corrected chi connectivity index (χ3v) is 6.68. The van der Waals surface area contributed by atoms with E-state index >= 15 is 0 Å². The lowest BCUT2D eigenvalue weighted by Gasteiger charge is -2.35. The second-order valence-electron chi connectivity index (χ2n) is 6.34. The minimum Gasteiger partial charge on any atom is -0.105 e. The van der Waals surface area contributed by atoms with E-state index in [0.29, 0.717) is 0 Å². The number of hydrogen-bond acceptors (Lipinski definition) is 1. The van der Waals surface area contributed by atoms with E-state index in [1.807, 2.05) is 11.8 Å². The van der Waals surface area contributed by atoms with Crippen molar-refractivity contribution in [2.24, 2.45) is 0 Å². The Morgan fingerprint density at radius 1 is 0.481 bits per heavy atom. The maximum atomic E-state index is 3.55. The lowest BCUT2D eigenvalue weighted by atomic mass is 9.84. The summed E-state index contributed by atoms with van der Waals surface area (Å²) in [5.74, 6) is 0. The Kier molecular flexibility index (Phi) is 5.47. The summed E-state index contributed by atoms with van der Waals surface area (Å²) in [6, 6.07) is 40.9. The molecule has 0 aliphatic heterocycles. The molecule has 4 aromatic carbocycles. The molecular formula is C25H19BrS. The van der Waals surface area contributed by atoms with Crippen LogP contribution in [0.1, 0.15) is 16.7 Å². The quantitative estimate of drug-likeness (QED) is 0.232. The van der Waals surface area contributed by atoms with Crippen LogP contribution in [0, 0.1) is 0 Å². The predicted molar refractivity (Wildman–Crippen MR) is 119 cm³/mol. The summed E-state index contributed by atoms with van der Waals surface area (Å²) in [4.78, 5) is 1.23. The predicted octanol–water partition coefficient (Wildman–Crippen LogP) is 7.53. The zero-order valence-corrected chi connectivity index (χ0v) is 17.2. The first-order valence-electron chi connectivity index (χ1n) is 8.90. The van der Waals surface area contributed by atoms with Gasteiger partial charge in [0.1, 0.15) is 0 Å². The smallest absolute Gasteiger partial charge is 0.0954 e. The molecule has 0 radical (unpaired) electrons. The first kappa shape index (κ1) is 18.1. The van der Waals surface area contributed by atoms with Crippen LogP contribution < -0.4 is 0 Å². The van der Waals surface area contributed by atoms with Gasteiger partial charge in [0, 0.05) is 9.37 Å². The Morgan fingerprint density at radius 3 is 1.22 bits per heavy atom. The molecule has 4 aromatic rings. The Hall–Kier alpha value is -2.29. The topological polar surface area (TPSA) is 0 Å². The number of halogens is 1. The highest BCUT2D eigenvalue weighted by Crippen LogP contribution is 2.51. The average Bonchev–Trinajstić information content (AvgIpc) is 2.75. The Labute approximate surface area is 173 Å². The molecule has 0 nitrogen and oxygen atoms in total. The van der Waals surface area contributed by atoms with Crippen molar-refractivity contribution >= 4 is 27.7 Å². The van der Waals surface area contributed by atoms with Gasteiger partial charge in [-0.2, -0.15) is 0 Å². The monoisotopic (exact) mass is 430 g/mol. The van der Waals surface area contributed by atoms with Crippen molar-refractivity contribution in [3.63, 3.8) is 0 Å². The summed E-state index contributed by atoms with van der Waals surface area (Å²) in [5.41, 5.74) is 3.82. The second-order valence-corrected chi connectivity index (χ2v) is 8.54. The molecule has 2 heteroatoms. The Balaban J connectivity index is 1.98. The number of benzene rings is 4. The van der Waals surface area contributed by atoms with Gasteiger partial charge in [0.05, 0.1) is 4.75 Å². The summed E-state index contributed by atoms with van der Waals surface area (Å²) in [7, 11) is 0. The van der Waals surface area contributed by atoms with Gasteiger partial charge in [-0.25, -0.2) is 0 Å². The van der Waals surface area contributed by atoms with Crippen LogP contribution in [0.15, 0.2) is 125 Å². The van der Waals surface area contributed by atoms with Crippen molar-refractivity contribution in [1.82, 2.24) is 0 Å². The first-order chi connectivity index (χ1) is 13.3. The molecule has 0 aliphatic rings. The normalized spacial score (nSPS) is 11.3. The van der Waals surface area contributed by atoms with Crippen LogP contribution in [-0.2, 0) is 4.75 Å². The van der Waals surface area contributed by atoms with Crippen molar-refractivity contribution in [3.8, 4) is 0 Å². The Bertz CT molecular complexity index is 884. The minimum absolute atomic E-state index is 0.322. The zero-order valence-electron chi connectivity index (χ0n) is 14.8. The van der Waals surface area contributed by atoms with Crippen molar-refractivity contribution < 1.29 is 0 Å². The van der Waals surface area contributed by atoms with Crippen LogP contribution >= 0.6 is 27.7 Å². The zero-order chi connectivity index (χ0) is 18.5. The molecule has 0 heterocycles. The first-order valence-corrected chi connectivity index (χ1v) is 10.5. The van der Waals surface area contributed by atoms with E-state index in [0.717, 1.165) is 4.47 Å². The highest BCUT2D eigenvalue weighted by atomic mass is 79.9. The fraction of sp³-hybridized carbons (Fsp3) is 0.0400. The molecule has 0 aromatic heterocycles. The highest BCUT2D eigenvalue weighted by molar-refractivity contribution is 9.10. The van der Waals surface area contributed by atoms with Crippen LogP contribution in [0.4, 0.5) is 0 Å². The Morgan fingerprint density at radius 2 is 0.852 bits per heavy atom. The molecule has 0 fully saturated rings. The van der Waals surface area contributed by atoms with Crippen molar-refractivity contribution in [2.45, 2.75) is 9.64 Å². The van der Waals surface area contributed by atoms with Gasteiger partial charge in [-0.3, -0.25) is 0 Å². The molecule has 4 rings (SSSR count). The summed E-state index contributed by atoms with van der Waals surface area (Å²) in [6.45, 7) is 0. The van der Waals surface area contributed by atoms with Crippen LogP contribution in [0.25, 0.3) is 0 Å². The van der Waals surface area contributed by atoms with Gasteiger partial charge in [0.2, 0.25) is 0 Å². The lowest BCUT2D eigenvalue weighted by Crippen LogP contribution is -2.25.